The minimum absolute atomic E-state index is 0.112. The maximum Gasteiger partial charge on any atom is 0.407 e. The van der Waals surface area contributed by atoms with Crippen molar-refractivity contribution in [3.63, 3.8) is 0 Å². The summed E-state index contributed by atoms with van der Waals surface area (Å²) in [5, 5.41) is 12.0. The van der Waals surface area contributed by atoms with Crippen LogP contribution in [0.2, 0.25) is 0 Å². The van der Waals surface area contributed by atoms with E-state index in [9.17, 15) is 14.7 Å². The molecule has 0 radical (unpaired) electrons. The van der Waals surface area contributed by atoms with Crippen molar-refractivity contribution in [3.05, 3.63) is 0 Å². The average molecular weight is 259 g/mol. The van der Waals surface area contributed by atoms with E-state index in [0.717, 1.165) is 25.7 Å². The number of Topliss-reactive ketones (excluding diaryl/α,β-unsaturated/α-hetero) is 1. The van der Waals surface area contributed by atoms with Crippen LogP contribution in [0.15, 0.2) is 0 Å². The topological polar surface area (TPSA) is 75.6 Å². The molecule has 18 heavy (non-hydrogen) atoms. The molecule has 1 amide bonds. The largest absolute Gasteiger partial charge is 0.453 e. The Balaban J connectivity index is 4.75. The number of carbonyl (C=O) groups is 2. The van der Waals surface area contributed by atoms with Crippen LogP contribution in [0.4, 0.5) is 4.79 Å². The number of carbonyl (C=O) groups excluding carboxylic acids is 2. The molecule has 0 aliphatic heterocycles. The Morgan fingerprint density at radius 2 is 1.72 bits per heavy atom. The summed E-state index contributed by atoms with van der Waals surface area (Å²) in [6, 6.07) is -0.888. The van der Waals surface area contributed by atoms with Crippen molar-refractivity contribution in [2.45, 2.75) is 58.6 Å². The molecule has 0 saturated heterocycles. The Morgan fingerprint density at radius 3 is 2.06 bits per heavy atom. The Kier molecular flexibility index (Phi) is 8.37. The highest BCUT2D eigenvalue weighted by Gasteiger charge is 2.30. The van der Waals surface area contributed by atoms with Crippen LogP contribution in [0.25, 0.3) is 0 Å². The van der Waals surface area contributed by atoms with E-state index < -0.39 is 18.2 Å². The molecule has 0 aromatic heterocycles. The van der Waals surface area contributed by atoms with Gasteiger partial charge in [-0.2, -0.15) is 0 Å². The lowest BCUT2D eigenvalue weighted by atomic mass is 9.88. The zero-order valence-corrected chi connectivity index (χ0v) is 11.7. The van der Waals surface area contributed by atoms with Gasteiger partial charge < -0.3 is 15.2 Å². The van der Waals surface area contributed by atoms with Gasteiger partial charge in [0, 0.05) is 5.92 Å². The first kappa shape index (κ1) is 16.9. The van der Waals surface area contributed by atoms with Gasteiger partial charge in [0.1, 0.15) is 6.04 Å². The maximum absolute atomic E-state index is 12.3. The van der Waals surface area contributed by atoms with Gasteiger partial charge in [0.05, 0.1) is 13.2 Å². The summed E-state index contributed by atoms with van der Waals surface area (Å²) in [7, 11) is 1.23. The number of aliphatic hydroxyl groups is 1. The fourth-order valence-corrected chi connectivity index (χ4v) is 2.00. The predicted octanol–water partition coefficient (Wildman–Crippen LogP) is 1.88. The van der Waals surface area contributed by atoms with Gasteiger partial charge >= 0.3 is 6.09 Å². The molecule has 5 nitrogen and oxygen atoms in total. The number of amides is 1. The second kappa shape index (κ2) is 8.91. The first-order chi connectivity index (χ1) is 8.47. The molecule has 0 heterocycles. The summed E-state index contributed by atoms with van der Waals surface area (Å²) in [6.07, 6.45) is 1.74. The lowest BCUT2D eigenvalue weighted by Gasteiger charge is -2.24. The maximum atomic E-state index is 12.3. The minimum atomic E-state index is -0.923. The van der Waals surface area contributed by atoms with Crippen LogP contribution in [-0.4, -0.2) is 36.2 Å². The number of rotatable bonds is 8. The van der Waals surface area contributed by atoms with Gasteiger partial charge in [0.15, 0.2) is 5.78 Å². The third kappa shape index (κ3) is 5.49. The van der Waals surface area contributed by atoms with E-state index in [4.69, 9.17) is 0 Å². The molecular weight excluding hydrogens is 234 g/mol. The number of nitrogens with one attached hydrogen (secondary N) is 1. The summed E-state index contributed by atoms with van der Waals surface area (Å²) in [5.74, 6) is -0.226. The van der Waals surface area contributed by atoms with E-state index in [2.05, 4.69) is 10.1 Å². The van der Waals surface area contributed by atoms with Crippen molar-refractivity contribution in [1.29, 1.82) is 0 Å². The van der Waals surface area contributed by atoms with Crippen molar-refractivity contribution in [3.8, 4) is 0 Å². The van der Waals surface area contributed by atoms with Crippen LogP contribution in [0, 0.1) is 5.92 Å². The number of methoxy groups -OCH3 is 1. The van der Waals surface area contributed by atoms with E-state index in [0.29, 0.717) is 0 Å². The Morgan fingerprint density at radius 1 is 1.22 bits per heavy atom. The Hall–Kier alpha value is -1.10. The second-order valence-electron chi connectivity index (χ2n) is 4.53. The van der Waals surface area contributed by atoms with Gasteiger partial charge in [-0.1, -0.05) is 26.7 Å². The van der Waals surface area contributed by atoms with E-state index in [1.165, 1.54) is 14.0 Å². The van der Waals surface area contributed by atoms with Crippen LogP contribution in [-0.2, 0) is 9.53 Å². The van der Waals surface area contributed by atoms with Crippen LogP contribution in [0.5, 0.6) is 0 Å². The van der Waals surface area contributed by atoms with E-state index >= 15 is 0 Å². The number of hydrogen-bond acceptors (Lipinski definition) is 4. The standard InChI is InChI=1S/C13H25NO4/c1-5-7-10(8-6-2)12(16)11(9(3)15)14-13(17)18-4/h9-11,15H,5-8H2,1-4H3,(H,14,17)/t9-,11-/m0/s1. The normalized spacial score (nSPS) is 14.1. The zero-order chi connectivity index (χ0) is 14.1. The lowest BCUT2D eigenvalue weighted by molar-refractivity contribution is -0.127. The molecule has 0 bridgehead atoms. The molecule has 0 aliphatic rings. The van der Waals surface area contributed by atoms with Crippen LogP contribution < -0.4 is 5.32 Å². The molecule has 0 aromatic rings. The summed E-state index contributed by atoms with van der Waals surface area (Å²) >= 11 is 0. The fraction of sp³-hybridized carbons (Fsp3) is 0.846. The summed E-state index contributed by atoms with van der Waals surface area (Å²) in [5.41, 5.74) is 0. The van der Waals surface area contributed by atoms with Crippen molar-refractivity contribution in [2.75, 3.05) is 7.11 Å². The van der Waals surface area contributed by atoms with Crippen molar-refractivity contribution >= 4 is 11.9 Å². The molecule has 0 rings (SSSR count). The highest BCUT2D eigenvalue weighted by molar-refractivity contribution is 5.89. The number of hydrogen-bond donors (Lipinski definition) is 2. The first-order valence-corrected chi connectivity index (χ1v) is 6.54. The summed E-state index contributed by atoms with van der Waals surface area (Å²) in [4.78, 5) is 23.5. The van der Waals surface area contributed by atoms with Crippen molar-refractivity contribution in [2.24, 2.45) is 5.92 Å². The van der Waals surface area contributed by atoms with Crippen LogP contribution >= 0.6 is 0 Å². The van der Waals surface area contributed by atoms with E-state index in [1.54, 1.807) is 0 Å². The van der Waals surface area contributed by atoms with Gasteiger partial charge in [0.25, 0.3) is 0 Å². The number of ketones is 1. The Bertz CT molecular complexity index is 260. The number of ether oxygens (including phenoxy) is 1. The Labute approximate surface area is 109 Å². The zero-order valence-electron chi connectivity index (χ0n) is 11.7. The minimum Gasteiger partial charge on any atom is -0.453 e. The highest BCUT2D eigenvalue weighted by Crippen LogP contribution is 2.17. The highest BCUT2D eigenvalue weighted by atomic mass is 16.5. The van der Waals surface area contributed by atoms with Crippen LogP contribution in [0.1, 0.15) is 46.5 Å². The quantitative estimate of drug-likeness (QED) is 0.698. The van der Waals surface area contributed by atoms with E-state index in [1.807, 2.05) is 13.8 Å². The number of aliphatic hydroxyl groups excluding tert-OH is 1. The second-order valence-corrected chi connectivity index (χ2v) is 4.53. The molecule has 106 valence electrons. The molecule has 5 heteroatoms. The van der Waals surface area contributed by atoms with Gasteiger partial charge in [0.2, 0.25) is 0 Å². The monoisotopic (exact) mass is 259 g/mol. The summed E-state index contributed by atoms with van der Waals surface area (Å²) < 4.78 is 4.47. The summed E-state index contributed by atoms with van der Waals surface area (Å²) in [6.45, 7) is 5.52. The van der Waals surface area contributed by atoms with E-state index in [-0.39, 0.29) is 11.7 Å². The van der Waals surface area contributed by atoms with Crippen molar-refractivity contribution < 1.29 is 19.4 Å². The average Bonchev–Trinajstić information content (AvgIpc) is 2.34. The molecule has 0 saturated carbocycles. The molecule has 0 aromatic carbocycles. The van der Waals surface area contributed by atoms with Gasteiger partial charge in [-0.15, -0.1) is 0 Å². The predicted molar refractivity (Wildman–Crippen MR) is 69.3 cm³/mol. The molecular formula is C13H25NO4. The SMILES string of the molecule is CCCC(CCC)C(=O)[C@@H](NC(=O)OC)[C@H](C)O. The molecule has 0 unspecified atom stereocenters. The molecule has 0 fully saturated rings. The third-order valence-corrected chi connectivity index (χ3v) is 2.92. The van der Waals surface area contributed by atoms with Crippen LogP contribution in [0.3, 0.4) is 0 Å². The smallest absolute Gasteiger partial charge is 0.407 e. The van der Waals surface area contributed by atoms with Gasteiger partial charge in [-0.05, 0) is 19.8 Å². The molecule has 0 spiro atoms. The lowest BCUT2D eigenvalue weighted by Crippen LogP contribution is -2.49. The fourth-order valence-electron chi connectivity index (χ4n) is 2.00. The third-order valence-electron chi connectivity index (χ3n) is 2.92. The van der Waals surface area contributed by atoms with Crippen molar-refractivity contribution in [1.82, 2.24) is 5.32 Å². The van der Waals surface area contributed by atoms with Gasteiger partial charge in [-0.3, -0.25) is 4.79 Å². The molecule has 0 aliphatic carbocycles. The first-order valence-electron chi connectivity index (χ1n) is 6.54. The molecule has 2 N–H and O–H groups in total. The molecule has 2 atom stereocenters. The number of alkyl carbamates (subject to hydrolysis) is 1. The van der Waals surface area contributed by atoms with Gasteiger partial charge in [-0.25, -0.2) is 4.79 Å².